The molecular weight excluding hydrogens is 188 g/mol. The Morgan fingerprint density at radius 2 is 2.40 bits per heavy atom. The van der Waals surface area contributed by atoms with Crippen LogP contribution in [0.15, 0.2) is 6.20 Å². The summed E-state index contributed by atoms with van der Waals surface area (Å²) in [7, 11) is 1.92. The van der Waals surface area contributed by atoms with E-state index >= 15 is 0 Å². The van der Waals surface area contributed by atoms with Crippen molar-refractivity contribution in [1.82, 2.24) is 20.3 Å². The predicted octanol–water partition coefficient (Wildman–Crippen LogP) is 1.14. The fraction of sp³-hybridized carbons (Fsp3) is 0.818. The molecule has 1 aliphatic carbocycles. The zero-order valence-corrected chi connectivity index (χ0v) is 9.61. The van der Waals surface area contributed by atoms with Gasteiger partial charge in [-0.3, -0.25) is 4.68 Å². The topological polar surface area (TPSA) is 42.7 Å². The van der Waals surface area contributed by atoms with Gasteiger partial charge in [0.1, 0.15) is 0 Å². The third kappa shape index (κ3) is 3.30. The minimum absolute atomic E-state index is 0.697. The van der Waals surface area contributed by atoms with E-state index in [-0.39, 0.29) is 0 Å². The fourth-order valence-electron chi connectivity index (χ4n) is 1.77. The first-order valence-electron chi connectivity index (χ1n) is 5.86. The van der Waals surface area contributed by atoms with Gasteiger partial charge in [-0.25, -0.2) is 0 Å². The normalized spacial score (nSPS) is 18.0. The average Bonchev–Trinajstić information content (AvgIpc) is 2.97. The molecule has 0 aliphatic heterocycles. The molecule has 1 heterocycles. The molecule has 0 amide bonds. The van der Waals surface area contributed by atoms with Crippen LogP contribution in [0.2, 0.25) is 0 Å². The maximum atomic E-state index is 4.13. The highest BCUT2D eigenvalue weighted by Crippen LogP contribution is 2.19. The van der Waals surface area contributed by atoms with Crippen LogP contribution < -0.4 is 5.32 Å². The molecule has 84 valence electrons. The van der Waals surface area contributed by atoms with Crippen molar-refractivity contribution in [2.45, 2.75) is 38.6 Å². The molecule has 1 aliphatic rings. The summed E-state index contributed by atoms with van der Waals surface area (Å²) in [5.74, 6) is 0.697. The maximum Gasteiger partial charge on any atom is 0.0830 e. The molecule has 1 unspecified atom stereocenters. The van der Waals surface area contributed by atoms with Crippen molar-refractivity contribution in [3.05, 3.63) is 11.9 Å². The fourth-order valence-corrected chi connectivity index (χ4v) is 1.77. The molecule has 2 rings (SSSR count). The maximum absolute atomic E-state index is 4.13. The Hall–Kier alpha value is -0.900. The Labute approximate surface area is 91.1 Å². The van der Waals surface area contributed by atoms with Gasteiger partial charge in [-0.2, -0.15) is 0 Å². The second-order valence-corrected chi connectivity index (χ2v) is 4.54. The zero-order chi connectivity index (χ0) is 10.7. The first-order chi connectivity index (χ1) is 7.28. The van der Waals surface area contributed by atoms with Gasteiger partial charge in [0.15, 0.2) is 0 Å². The molecule has 1 N–H and O–H groups in total. The van der Waals surface area contributed by atoms with Gasteiger partial charge in [0, 0.05) is 19.3 Å². The summed E-state index contributed by atoms with van der Waals surface area (Å²) in [5.41, 5.74) is 1.11. The Bertz CT molecular complexity index is 303. The van der Waals surface area contributed by atoms with E-state index in [4.69, 9.17) is 0 Å². The number of rotatable bonds is 6. The number of aryl methyl sites for hydroxylation is 1. The van der Waals surface area contributed by atoms with E-state index in [0.717, 1.165) is 24.7 Å². The van der Waals surface area contributed by atoms with Crippen molar-refractivity contribution in [2.24, 2.45) is 13.0 Å². The predicted molar refractivity (Wildman–Crippen MR) is 59.5 cm³/mol. The van der Waals surface area contributed by atoms with Gasteiger partial charge in [-0.05, 0) is 31.7 Å². The Morgan fingerprint density at radius 1 is 1.60 bits per heavy atom. The Kier molecular flexibility index (Phi) is 3.36. The van der Waals surface area contributed by atoms with Crippen molar-refractivity contribution in [2.75, 3.05) is 6.54 Å². The Morgan fingerprint density at radius 3 is 2.93 bits per heavy atom. The number of hydrogen-bond donors (Lipinski definition) is 1. The van der Waals surface area contributed by atoms with Gasteiger partial charge in [0.05, 0.1) is 5.69 Å². The van der Waals surface area contributed by atoms with Crippen LogP contribution in [-0.2, 0) is 13.5 Å². The molecule has 0 aromatic carbocycles. The lowest BCUT2D eigenvalue weighted by atomic mass is 10.0. The van der Waals surface area contributed by atoms with Gasteiger partial charge in [0.25, 0.3) is 0 Å². The first kappa shape index (κ1) is 10.6. The van der Waals surface area contributed by atoms with E-state index in [1.807, 2.05) is 13.2 Å². The Balaban J connectivity index is 1.78. The molecule has 1 aromatic heterocycles. The van der Waals surface area contributed by atoms with Gasteiger partial charge < -0.3 is 5.32 Å². The highest BCUT2D eigenvalue weighted by atomic mass is 15.4. The number of nitrogens with one attached hydrogen (secondary N) is 1. The van der Waals surface area contributed by atoms with E-state index < -0.39 is 0 Å². The summed E-state index contributed by atoms with van der Waals surface area (Å²) in [4.78, 5) is 0. The molecule has 1 fully saturated rings. The van der Waals surface area contributed by atoms with Crippen molar-refractivity contribution >= 4 is 0 Å². The van der Waals surface area contributed by atoms with Crippen LogP contribution in [0.1, 0.15) is 31.9 Å². The first-order valence-corrected chi connectivity index (χ1v) is 5.86. The minimum Gasteiger partial charge on any atom is -0.314 e. The molecule has 0 saturated heterocycles. The van der Waals surface area contributed by atoms with E-state index in [2.05, 4.69) is 22.6 Å². The van der Waals surface area contributed by atoms with Crippen LogP contribution in [0.25, 0.3) is 0 Å². The van der Waals surface area contributed by atoms with E-state index in [1.54, 1.807) is 4.68 Å². The van der Waals surface area contributed by atoms with Crippen molar-refractivity contribution < 1.29 is 0 Å². The third-order valence-corrected chi connectivity index (χ3v) is 3.00. The quantitative estimate of drug-likeness (QED) is 0.762. The lowest BCUT2D eigenvalue weighted by molar-refractivity contribution is 0.454. The zero-order valence-electron chi connectivity index (χ0n) is 9.61. The summed E-state index contributed by atoms with van der Waals surface area (Å²) < 4.78 is 1.77. The van der Waals surface area contributed by atoms with Crippen LogP contribution in [0.3, 0.4) is 0 Å². The molecular formula is C11H20N4. The van der Waals surface area contributed by atoms with Crippen molar-refractivity contribution in [1.29, 1.82) is 0 Å². The molecule has 0 radical (unpaired) electrons. The second-order valence-electron chi connectivity index (χ2n) is 4.54. The standard InChI is InChI=1S/C11H20N4/c1-3-9(7-12-10-4-5-10)6-11-8-15(2)14-13-11/h8-10,12H,3-7H2,1-2H3. The molecule has 1 saturated carbocycles. The number of aromatic nitrogens is 3. The molecule has 4 heteroatoms. The van der Waals surface area contributed by atoms with Crippen molar-refractivity contribution in [3.63, 3.8) is 0 Å². The molecule has 1 aromatic rings. The SMILES string of the molecule is CCC(CNC1CC1)Cc1cn(C)nn1. The number of hydrogen-bond acceptors (Lipinski definition) is 3. The molecule has 15 heavy (non-hydrogen) atoms. The molecule has 1 atom stereocenters. The van der Waals surface area contributed by atoms with Gasteiger partial charge in [-0.15, -0.1) is 5.10 Å². The monoisotopic (exact) mass is 208 g/mol. The summed E-state index contributed by atoms with van der Waals surface area (Å²) in [6, 6.07) is 0.806. The lowest BCUT2D eigenvalue weighted by Crippen LogP contribution is -2.25. The van der Waals surface area contributed by atoms with Gasteiger partial charge >= 0.3 is 0 Å². The molecule has 4 nitrogen and oxygen atoms in total. The highest BCUT2D eigenvalue weighted by molar-refractivity contribution is 4.94. The van der Waals surface area contributed by atoms with Crippen LogP contribution in [-0.4, -0.2) is 27.6 Å². The average molecular weight is 208 g/mol. The van der Waals surface area contributed by atoms with Gasteiger partial charge in [0.2, 0.25) is 0 Å². The van der Waals surface area contributed by atoms with Crippen molar-refractivity contribution in [3.8, 4) is 0 Å². The van der Waals surface area contributed by atoms with Crippen LogP contribution in [0.4, 0.5) is 0 Å². The minimum atomic E-state index is 0.697. The largest absolute Gasteiger partial charge is 0.314 e. The molecule has 0 spiro atoms. The van der Waals surface area contributed by atoms with E-state index in [9.17, 15) is 0 Å². The smallest absolute Gasteiger partial charge is 0.0830 e. The van der Waals surface area contributed by atoms with Crippen LogP contribution in [0, 0.1) is 5.92 Å². The highest BCUT2D eigenvalue weighted by Gasteiger charge is 2.21. The molecule has 0 bridgehead atoms. The van der Waals surface area contributed by atoms with Gasteiger partial charge in [-0.1, -0.05) is 18.6 Å². The second kappa shape index (κ2) is 4.75. The summed E-state index contributed by atoms with van der Waals surface area (Å²) in [6.07, 6.45) is 6.99. The third-order valence-electron chi connectivity index (χ3n) is 3.00. The summed E-state index contributed by atoms with van der Waals surface area (Å²) in [5, 5.41) is 11.7. The van der Waals surface area contributed by atoms with Crippen LogP contribution in [0.5, 0.6) is 0 Å². The summed E-state index contributed by atoms with van der Waals surface area (Å²) in [6.45, 7) is 3.37. The van der Waals surface area contributed by atoms with E-state index in [0.29, 0.717) is 5.92 Å². The number of nitrogens with zero attached hydrogens (tertiary/aromatic N) is 3. The van der Waals surface area contributed by atoms with Crippen LogP contribution >= 0.6 is 0 Å². The lowest BCUT2D eigenvalue weighted by Gasteiger charge is -2.13. The summed E-state index contributed by atoms with van der Waals surface area (Å²) >= 11 is 0. The van der Waals surface area contributed by atoms with E-state index in [1.165, 1.54) is 19.3 Å².